The van der Waals surface area contributed by atoms with Crippen molar-refractivity contribution >= 4 is 12.4 Å². The third-order valence-corrected chi connectivity index (χ3v) is 1.34. The van der Waals surface area contributed by atoms with Crippen molar-refractivity contribution in [3.05, 3.63) is 24.0 Å². The first kappa shape index (κ1) is 13.4. The second kappa shape index (κ2) is 4.79. The first-order chi connectivity index (χ1) is 5.41. The Balaban J connectivity index is 0.00000144. The average molecular weight is 218 g/mol. The van der Waals surface area contributed by atoms with Crippen LogP contribution >= 0.6 is 0 Å². The monoisotopic (exact) mass is 218 g/mol. The van der Waals surface area contributed by atoms with Crippen LogP contribution in [0.4, 0.5) is 17.3 Å². The topological polar surface area (TPSA) is 20.2 Å². The Morgan fingerprint density at radius 3 is 2.08 bits per heavy atom. The van der Waals surface area contributed by atoms with Gasteiger partial charge in [-0.2, -0.15) is 0 Å². The van der Waals surface area contributed by atoms with Crippen molar-refractivity contribution in [3.8, 4) is 5.75 Å². The van der Waals surface area contributed by atoms with Crippen LogP contribution in [-0.2, 0) is 0 Å². The van der Waals surface area contributed by atoms with E-state index in [1.165, 1.54) is 0 Å². The van der Waals surface area contributed by atoms with Gasteiger partial charge in [0.1, 0.15) is 5.82 Å². The molecule has 0 saturated carbocycles. The van der Waals surface area contributed by atoms with Gasteiger partial charge >= 0.3 is 58.4 Å². The van der Waals surface area contributed by atoms with E-state index in [4.69, 9.17) is 5.11 Å². The van der Waals surface area contributed by atoms with E-state index in [9.17, 15) is 17.3 Å². The van der Waals surface area contributed by atoms with Gasteiger partial charge in [0.15, 0.2) is 0 Å². The molecule has 13 heavy (non-hydrogen) atoms. The first-order valence-corrected chi connectivity index (χ1v) is 3.09. The van der Waals surface area contributed by atoms with Gasteiger partial charge in [0.05, 0.1) is 5.75 Å². The number of hydrogen-bond donors (Lipinski definition) is 1. The van der Waals surface area contributed by atoms with E-state index in [0.717, 1.165) is 6.07 Å². The fourth-order valence-corrected chi connectivity index (χ4v) is 0.788. The summed E-state index contributed by atoms with van der Waals surface area (Å²) in [5, 5.41) is 8.70. The minimum absolute atomic E-state index is 0. The van der Waals surface area contributed by atoms with Crippen molar-refractivity contribution in [2.24, 2.45) is 0 Å². The maximum absolute atomic E-state index is 12.3. The van der Waals surface area contributed by atoms with Crippen LogP contribution in [0.1, 0.15) is 0 Å². The molecule has 0 fully saturated rings. The molecule has 0 radical (unpaired) electrons. The van der Waals surface area contributed by atoms with Gasteiger partial charge < -0.3 is 18.1 Å². The van der Waals surface area contributed by atoms with Crippen LogP contribution in [0.5, 0.6) is 5.75 Å². The number of benzene rings is 1. The predicted octanol–water partition coefficient (Wildman–Crippen LogP) is -1.41. The fourth-order valence-electron chi connectivity index (χ4n) is 0.788. The molecular weight excluding hydrogens is 214 g/mol. The SMILES string of the molecule is Oc1ccc(F)cc1[B-](F)(F)F.[K+]. The summed E-state index contributed by atoms with van der Waals surface area (Å²) in [7, 11) is 0. The van der Waals surface area contributed by atoms with E-state index < -0.39 is 24.0 Å². The quantitative estimate of drug-likeness (QED) is 0.453. The van der Waals surface area contributed by atoms with Crippen molar-refractivity contribution in [2.75, 3.05) is 0 Å². The van der Waals surface area contributed by atoms with Gasteiger partial charge in [-0.05, 0) is 18.2 Å². The number of aromatic hydroxyl groups is 1. The number of phenols is 1. The van der Waals surface area contributed by atoms with Crippen LogP contribution < -0.4 is 56.8 Å². The normalized spacial score (nSPS) is 10.8. The maximum atomic E-state index is 12.3. The molecule has 0 atom stereocenters. The predicted molar refractivity (Wildman–Crippen MR) is 36.8 cm³/mol. The molecule has 0 aliphatic heterocycles. The van der Waals surface area contributed by atoms with Gasteiger partial charge in [0, 0.05) is 0 Å². The molecule has 0 heterocycles. The van der Waals surface area contributed by atoms with E-state index in [-0.39, 0.29) is 57.5 Å². The summed E-state index contributed by atoms with van der Waals surface area (Å²) in [6, 6.07) is 1.72. The molecule has 0 spiro atoms. The zero-order valence-corrected chi connectivity index (χ0v) is 9.89. The molecule has 0 bridgehead atoms. The molecule has 0 unspecified atom stereocenters. The Kier molecular flexibility index (Phi) is 4.95. The van der Waals surface area contributed by atoms with Gasteiger partial charge in [-0.1, -0.05) is 5.46 Å². The molecule has 1 aromatic carbocycles. The largest absolute Gasteiger partial charge is 1.00 e. The third-order valence-electron chi connectivity index (χ3n) is 1.34. The van der Waals surface area contributed by atoms with Gasteiger partial charge in [-0.25, -0.2) is 4.39 Å². The summed E-state index contributed by atoms with van der Waals surface area (Å²) in [5.41, 5.74) is -1.30. The number of hydrogen-bond acceptors (Lipinski definition) is 1. The van der Waals surface area contributed by atoms with Crippen LogP contribution in [0.2, 0.25) is 0 Å². The standard InChI is InChI=1S/C6H4BF4O.K/c8-4-1-2-6(12)5(3-4)7(9,10)11;/h1-3,12H;/q-1;+1. The smallest absolute Gasteiger partial charge is 0.511 e. The molecule has 1 nitrogen and oxygen atoms in total. The molecule has 0 saturated heterocycles. The zero-order valence-electron chi connectivity index (χ0n) is 6.77. The minimum Gasteiger partial charge on any atom is -0.511 e. The Morgan fingerprint density at radius 1 is 1.15 bits per heavy atom. The van der Waals surface area contributed by atoms with Crippen LogP contribution in [0, 0.1) is 5.82 Å². The number of rotatable bonds is 1. The molecular formula is C6H4BF4KO. The van der Waals surface area contributed by atoms with Crippen LogP contribution in [-0.4, -0.2) is 12.1 Å². The second-order valence-corrected chi connectivity index (χ2v) is 2.28. The van der Waals surface area contributed by atoms with E-state index >= 15 is 0 Å². The average Bonchev–Trinajstić information content (AvgIpc) is 1.92. The molecule has 66 valence electrons. The van der Waals surface area contributed by atoms with Crippen molar-refractivity contribution in [3.63, 3.8) is 0 Å². The van der Waals surface area contributed by atoms with E-state index in [2.05, 4.69) is 0 Å². The maximum Gasteiger partial charge on any atom is 1.00 e. The van der Waals surface area contributed by atoms with Crippen molar-refractivity contribution in [1.82, 2.24) is 0 Å². The van der Waals surface area contributed by atoms with Gasteiger partial charge in [0.2, 0.25) is 0 Å². The fraction of sp³-hybridized carbons (Fsp3) is 0. The van der Waals surface area contributed by atoms with E-state index in [1.54, 1.807) is 0 Å². The summed E-state index contributed by atoms with van der Waals surface area (Å²) in [5.74, 6) is -1.95. The molecule has 1 N–H and O–H groups in total. The molecule has 0 aliphatic rings. The van der Waals surface area contributed by atoms with E-state index in [0.29, 0.717) is 6.07 Å². The van der Waals surface area contributed by atoms with Gasteiger partial charge in [-0.3, -0.25) is 0 Å². The summed E-state index contributed by atoms with van der Waals surface area (Å²) in [4.78, 5) is 0. The number of halogens is 4. The van der Waals surface area contributed by atoms with Crippen LogP contribution in [0.15, 0.2) is 18.2 Å². The molecule has 1 aromatic rings. The Morgan fingerprint density at radius 2 is 1.69 bits per heavy atom. The molecule has 1 rings (SSSR count). The first-order valence-electron chi connectivity index (χ1n) is 3.09. The Labute approximate surface area is 115 Å². The summed E-state index contributed by atoms with van der Waals surface area (Å²) >= 11 is 0. The van der Waals surface area contributed by atoms with Crippen molar-refractivity contribution < 1.29 is 73.8 Å². The van der Waals surface area contributed by atoms with Crippen LogP contribution in [0.25, 0.3) is 0 Å². The van der Waals surface area contributed by atoms with Crippen LogP contribution in [0.3, 0.4) is 0 Å². The summed E-state index contributed by atoms with van der Waals surface area (Å²) < 4.78 is 48.2. The van der Waals surface area contributed by atoms with E-state index in [1.807, 2.05) is 0 Å². The summed E-state index contributed by atoms with van der Waals surface area (Å²) in [6.07, 6.45) is 0. The number of phenolic OH excluding ortho intramolecular Hbond substituents is 1. The van der Waals surface area contributed by atoms with Crippen molar-refractivity contribution in [1.29, 1.82) is 0 Å². The molecule has 0 aliphatic carbocycles. The molecule has 0 aromatic heterocycles. The zero-order chi connectivity index (χ0) is 9.35. The Bertz CT molecular complexity index is 301. The van der Waals surface area contributed by atoms with Crippen molar-refractivity contribution in [2.45, 2.75) is 0 Å². The Hall–Kier alpha value is 0.441. The van der Waals surface area contributed by atoms with Gasteiger partial charge in [-0.15, -0.1) is 0 Å². The third kappa shape index (κ3) is 3.59. The van der Waals surface area contributed by atoms with Gasteiger partial charge in [0.25, 0.3) is 0 Å². The molecule has 0 amide bonds. The minimum atomic E-state index is -5.34. The second-order valence-electron chi connectivity index (χ2n) is 2.28. The molecule has 7 heteroatoms. The summed E-state index contributed by atoms with van der Waals surface area (Å²) in [6.45, 7) is -5.34.